The molecule has 1 aliphatic rings. The molecule has 0 aromatic heterocycles. The number of nitrogens with zero attached hydrogens (tertiary/aromatic N) is 8. The molecule has 59 heavy (non-hydrogen) atoms. The molecule has 0 N–H and O–H groups in total. The third-order valence-electron chi connectivity index (χ3n) is 10.9. The molecule has 1 aliphatic carbocycles. The summed E-state index contributed by atoms with van der Waals surface area (Å²) in [5, 5.41) is 8.01. The molecule has 0 saturated carbocycles. The van der Waals surface area contributed by atoms with E-state index >= 15 is 0 Å². The van der Waals surface area contributed by atoms with Crippen LogP contribution in [0.2, 0.25) is 0 Å². The molecule has 0 amide bonds. The van der Waals surface area contributed by atoms with Gasteiger partial charge in [0.1, 0.15) is 0 Å². The summed E-state index contributed by atoms with van der Waals surface area (Å²) in [6, 6.07) is 68.6. The molecule has 0 fully saturated rings. The SMILES string of the molecule is [N-]=[N+]=NCc1ccc(N(c2ccccc2)c2ccc(-c3cccc(C(N=[N+]=[N-])c4ccc(N(c5ccccc5)c5ccc6c(c5)Cc5ccccc5-6)cc4)c3)cc2)cc1. The number of azide groups is 2. The average molecular weight is 763 g/mol. The molecule has 8 heteroatoms. The number of para-hydroxylation sites is 2. The maximum Gasteiger partial charge on any atom is 0.0876 e. The molecule has 1 unspecified atom stereocenters. The van der Waals surface area contributed by atoms with E-state index in [-0.39, 0.29) is 0 Å². The van der Waals surface area contributed by atoms with Crippen LogP contribution in [0.1, 0.15) is 33.9 Å². The Kier molecular flexibility index (Phi) is 10.3. The van der Waals surface area contributed by atoms with Gasteiger partial charge in [0.15, 0.2) is 0 Å². The smallest absolute Gasteiger partial charge is 0.0876 e. The zero-order valence-electron chi connectivity index (χ0n) is 32.1. The van der Waals surface area contributed by atoms with Crippen LogP contribution in [0.4, 0.5) is 34.1 Å². The number of benzene rings is 8. The van der Waals surface area contributed by atoms with Crippen LogP contribution >= 0.6 is 0 Å². The van der Waals surface area contributed by atoms with E-state index in [0.717, 1.165) is 68.4 Å². The van der Waals surface area contributed by atoms with Gasteiger partial charge in [0, 0.05) is 43.9 Å². The van der Waals surface area contributed by atoms with E-state index in [9.17, 15) is 5.53 Å². The molecular formula is C51H38N8. The number of fused-ring (bicyclic) bond motifs is 3. The minimum atomic E-state index is -0.521. The zero-order chi connectivity index (χ0) is 40.0. The van der Waals surface area contributed by atoms with Crippen molar-refractivity contribution in [3.8, 4) is 22.3 Å². The lowest BCUT2D eigenvalue weighted by molar-refractivity contribution is 0.859. The highest BCUT2D eigenvalue weighted by Crippen LogP contribution is 2.43. The van der Waals surface area contributed by atoms with Crippen molar-refractivity contribution < 1.29 is 0 Å². The van der Waals surface area contributed by atoms with Crippen LogP contribution in [0, 0.1) is 0 Å². The van der Waals surface area contributed by atoms with Gasteiger partial charge in [0.2, 0.25) is 0 Å². The summed E-state index contributed by atoms with van der Waals surface area (Å²) in [5.74, 6) is 0. The number of hydrogen-bond acceptors (Lipinski definition) is 4. The Bertz CT molecular complexity index is 2830. The Morgan fingerprint density at radius 1 is 0.441 bits per heavy atom. The van der Waals surface area contributed by atoms with Gasteiger partial charge >= 0.3 is 0 Å². The lowest BCUT2D eigenvalue weighted by atomic mass is 9.95. The van der Waals surface area contributed by atoms with Gasteiger partial charge in [-0.15, -0.1) is 0 Å². The van der Waals surface area contributed by atoms with Crippen molar-refractivity contribution in [2.45, 2.75) is 19.0 Å². The van der Waals surface area contributed by atoms with E-state index in [1.165, 1.54) is 22.3 Å². The van der Waals surface area contributed by atoms with Crippen LogP contribution in [-0.2, 0) is 13.0 Å². The zero-order valence-corrected chi connectivity index (χ0v) is 32.1. The van der Waals surface area contributed by atoms with Gasteiger partial charge in [0.25, 0.3) is 0 Å². The first-order valence-corrected chi connectivity index (χ1v) is 19.5. The molecule has 282 valence electrons. The van der Waals surface area contributed by atoms with Crippen molar-refractivity contribution in [2.75, 3.05) is 9.80 Å². The second kappa shape index (κ2) is 16.6. The van der Waals surface area contributed by atoms with Crippen molar-refractivity contribution in [2.24, 2.45) is 10.2 Å². The van der Waals surface area contributed by atoms with Gasteiger partial charge in [-0.05, 0) is 140 Å². The minimum Gasteiger partial charge on any atom is -0.311 e. The highest BCUT2D eigenvalue weighted by atomic mass is 15.2. The normalized spacial score (nSPS) is 11.7. The van der Waals surface area contributed by atoms with Gasteiger partial charge in [-0.25, -0.2) is 0 Å². The van der Waals surface area contributed by atoms with Crippen LogP contribution in [0.3, 0.4) is 0 Å². The average Bonchev–Trinajstić information content (AvgIpc) is 3.67. The summed E-state index contributed by atoms with van der Waals surface area (Å²) >= 11 is 0. The van der Waals surface area contributed by atoms with Crippen molar-refractivity contribution in [1.82, 2.24) is 0 Å². The van der Waals surface area contributed by atoms with Crippen molar-refractivity contribution in [3.05, 3.63) is 249 Å². The van der Waals surface area contributed by atoms with Crippen molar-refractivity contribution in [1.29, 1.82) is 0 Å². The van der Waals surface area contributed by atoms with E-state index < -0.39 is 6.04 Å². The summed E-state index contributed by atoms with van der Waals surface area (Å²) in [7, 11) is 0. The van der Waals surface area contributed by atoms with E-state index in [1.54, 1.807) is 0 Å². The standard InChI is InChI=1S/C51H38N8/c52-56-54-35-36-18-24-45(25-19-36)58(43-13-3-1-4-14-43)46-26-20-37(21-27-46)39-11-9-12-41(32-39)51(55-57-53)38-22-28-47(29-23-38)59(44-15-5-2-6-16-44)48-30-31-50-42(34-48)33-40-10-7-8-17-49(40)50/h1-32,34,51H,33,35H2. The molecule has 0 saturated heterocycles. The summed E-state index contributed by atoms with van der Waals surface area (Å²) in [6.45, 7) is 0.306. The number of hydrogen-bond donors (Lipinski definition) is 0. The summed E-state index contributed by atoms with van der Waals surface area (Å²) < 4.78 is 0. The molecule has 0 heterocycles. The van der Waals surface area contributed by atoms with E-state index in [2.05, 4.69) is 169 Å². The minimum absolute atomic E-state index is 0.306. The Labute approximate surface area is 343 Å². The lowest BCUT2D eigenvalue weighted by Crippen LogP contribution is -2.10. The van der Waals surface area contributed by atoms with E-state index in [1.807, 2.05) is 60.7 Å². The third kappa shape index (κ3) is 7.61. The van der Waals surface area contributed by atoms with Crippen LogP contribution < -0.4 is 9.80 Å². The second-order valence-electron chi connectivity index (χ2n) is 14.4. The second-order valence-corrected chi connectivity index (χ2v) is 14.4. The fraction of sp³-hybridized carbons (Fsp3) is 0.0588. The predicted molar refractivity (Wildman–Crippen MR) is 240 cm³/mol. The largest absolute Gasteiger partial charge is 0.311 e. The maximum atomic E-state index is 9.78. The van der Waals surface area contributed by atoms with Gasteiger partial charge < -0.3 is 9.80 Å². The molecule has 8 aromatic carbocycles. The van der Waals surface area contributed by atoms with Crippen LogP contribution in [-0.4, -0.2) is 0 Å². The molecule has 0 spiro atoms. The number of anilines is 6. The molecule has 8 aromatic rings. The summed E-state index contributed by atoms with van der Waals surface area (Å²) in [4.78, 5) is 10.7. The van der Waals surface area contributed by atoms with Crippen molar-refractivity contribution >= 4 is 34.1 Å². The topological polar surface area (TPSA) is 104 Å². The monoisotopic (exact) mass is 762 g/mol. The Balaban J connectivity index is 0.997. The fourth-order valence-corrected chi connectivity index (χ4v) is 8.06. The first-order chi connectivity index (χ1) is 29.2. The maximum absolute atomic E-state index is 9.78. The Morgan fingerprint density at radius 3 is 1.66 bits per heavy atom. The van der Waals surface area contributed by atoms with Gasteiger partial charge in [-0.1, -0.05) is 138 Å². The molecule has 0 radical (unpaired) electrons. The quantitative estimate of drug-likeness (QED) is 0.0702. The third-order valence-corrected chi connectivity index (χ3v) is 10.9. The van der Waals surface area contributed by atoms with Crippen molar-refractivity contribution in [3.63, 3.8) is 0 Å². The van der Waals surface area contributed by atoms with Crippen LogP contribution in [0.5, 0.6) is 0 Å². The van der Waals surface area contributed by atoms with E-state index in [4.69, 9.17) is 5.53 Å². The summed E-state index contributed by atoms with van der Waals surface area (Å²) in [6.07, 6.45) is 0.917. The highest BCUT2D eigenvalue weighted by Gasteiger charge is 2.22. The fourth-order valence-electron chi connectivity index (χ4n) is 8.06. The molecule has 0 bridgehead atoms. The van der Waals surface area contributed by atoms with Crippen LogP contribution in [0.15, 0.2) is 210 Å². The van der Waals surface area contributed by atoms with Gasteiger partial charge in [-0.3, -0.25) is 0 Å². The molecule has 8 nitrogen and oxygen atoms in total. The number of rotatable bonds is 12. The van der Waals surface area contributed by atoms with E-state index in [0.29, 0.717) is 6.54 Å². The Morgan fingerprint density at radius 2 is 1.00 bits per heavy atom. The predicted octanol–water partition coefficient (Wildman–Crippen LogP) is 15.1. The van der Waals surface area contributed by atoms with Crippen LogP contribution in [0.25, 0.3) is 43.1 Å². The lowest BCUT2D eigenvalue weighted by Gasteiger charge is -2.26. The van der Waals surface area contributed by atoms with Gasteiger partial charge in [0.05, 0.1) is 12.6 Å². The molecular weight excluding hydrogens is 725 g/mol. The Hall–Kier alpha value is -8.02. The molecule has 9 rings (SSSR count). The first-order valence-electron chi connectivity index (χ1n) is 19.5. The highest BCUT2D eigenvalue weighted by molar-refractivity contribution is 5.83. The van der Waals surface area contributed by atoms with Gasteiger partial charge in [-0.2, -0.15) is 0 Å². The first kappa shape index (κ1) is 36.6. The summed E-state index contributed by atoms with van der Waals surface area (Å²) in [5.41, 5.74) is 34.8. The molecule has 0 aliphatic heterocycles. The molecule has 1 atom stereocenters.